The monoisotopic (exact) mass is 194 g/mol. The number of aliphatic hydroxyl groups is 1. The van der Waals surface area contributed by atoms with E-state index in [-0.39, 0.29) is 0 Å². The van der Waals surface area contributed by atoms with E-state index < -0.39 is 5.60 Å². The van der Waals surface area contributed by atoms with E-state index >= 15 is 0 Å². The Labute approximate surface area is 82.7 Å². The van der Waals surface area contributed by atoms with Gasteiger partial charge in [-0.1, -0.05) is 0 Å². The van der Waals surface area contributed by atoms with E-state index in [4.69, 9.17) is 10.5 Å². The first-order chi connectivity index (χ1) is 6.71. The Morgan fingerprint density at radius 3 is 2.64 bits per heavy atom. The lowest BCUT2D eigenvalue weighted by Gasteiger charge is -2.31. The summed E-state index contributed by atoms with van der Waals surface area (Å²) in [5.41, 5.74) is 6.01. The van der Waals surface area contributed by atoms with Crippen molar-refractivity contribution in [1.82, 2.24) is 4.98 Å². The number of pyridine rings is 1. The zero-order valence-electron chi connectivity index (χ0n) is 7.94. The Bertz CT molecular complexity index is 304. The molecule has 3 N–H and O–H groups in total. The molecular weight excluding hydrogens is 180 g/mol. The van der Waals surface area contributed by atoms with Crippen LogP contribution in [0, 0.1) is 0 Å². The van der Waals surface area contributed by atoms with Gasteiger partial charge in [0, 0.05) is 26.1 Å². The summed E-state index contributed by atoms with van der Waals surface area (Å²) in [5, 5.41) is 10.3. The van der Waals surface area contributed by atoms with Gasteiger partial charge >= 0.3 is 0 Å². The van der Waals surface area contributed by atoms with Gasteiger partial charge in [-0.3, -0.25) is 4.98 Å². The van der Waals surface area contributed by atoms with E-state index in [0.717, 1.165) is 0 Å². The van der Waals surface area contributed by atoms with Crippen LogP contribution in [-0.2, 0) is 10.3 Å². The number of ether oxygens (including phenoxy) is 1. The molecule has 14 heavy (non-hydrogen) atoms. The summed E-state index contributed by atoms with van der Waals surface area (Å²) < 4.78 is 5.20. The molecule has 4 heteroatoms. The van der Waals surface area contributed by atoms with Gasteiger partial charge in [0.05, 0.1) is 17.6 Å². The first kappa shape index (κ1) is 9.43. The van der Waals surface area contributed by atoms with Gasteiger partial charge in [-0.25, -0.2) is 0 Å². The third-order valence-corrected chi connectivity index (χ3v) is 2.58. The molecule has 0 aliphatic carbocycles. The van der Waals surface area contributed by atoms with Crippen molar-refractivity contribution < 1.29 is 9.84 Å². The van der Waals surface area contributed by atoms with E-state index in [9.17, 15) is 5.11 Å². The number of hydrogen-bond donors (Lipinski definition) is 2. The van der Waals surface area contributed by atoms with E-state index in [1.807, 2.05) is 0 Å². The zero-order valence-corrected chi connectivity index (χ0v) is 7.94. The van der Waals surface area contributed by atoms with Crippen LogP contribution in [-0.4, -0.2) is 23.3 Å². The smallest absolute Gasteiger partial charge is 0.111 e. The number of aromatic nitrogens is 1. The summed E-state index contributed by atoms with van der Waals surface area (Å²) in [7, 11) is 0. The van der Waals surface area contributed by atoms with Gasteiger partial charge in [0.1, 0.15) is 5.60 Å². The Morgan fingerprint density at radius 1 is 1.36 bits per heavy atom. The largest absolute Gasteiger partial charge is 0.397 e. The molecule has 0 radical (unpaired) electrons. The molecule has 1 aliphatic heterocycles. The van der Waals surface area contributed by atoms with E-state index in [0.29, 0.717) is 37.4 Å². The Morgan fingerprint density at radius 2 is 2.07 bits per heavy atom. The first-order valence-corrected chi connectivity index (χ1v) is 4.73. The van der Waals surface area contributed by atoms with Crippen molar-refractivity contribution in [3.8, 4) is 0 Å². The third kappa shape index (κ3) is 1.71. The van der Waals surface area contributed by atoms with Gasteiger partial charge in [0.15, 0.2) is 0 Å². The summed E-state index contributed by atoms with van der Waals surface area (Å²) in [6.07, 6.45) is 2.77. The molecule has 0 bridgehead atoms. The summed E-state index contributed by atoms with van der Waals surface area (Å²) in [4.78, 5) is 4.14. The normalized spacial score (nSPS) is 20.6. The molecule has 76 valence electrons. The van der Waals surface area contributed by atoms with Crippen LogP contribution in [0.15, 0.2) is 18.3 Å². The molecule has 2 heterocycles. The number of rotatable bonds is 1. The topological polar surface area (TPSA) is 68.4 Å². The average molecular weight is 194 g/mol. The highest BCUT2D eigenvalue weighted by atomic mass is 16.5. The van der Waals surface area contributed by atoms with Crippen molar-refractivity contribution >= 4 is 5.69 Å². The van der Waals surface area contributed by atoms with Gasteiger partial charge in [0.25, 0.3) is 0 Å². The predicted octanol–water partition coefficient (Wildman–Crippen LogP) is 0.662. The summed E-state index contributed by atoms with van der Waals surface area (Å²) >= 11 is 0. The fourth-order valence-corrected chi connectivity index (χ4v) is 1.65. The lowest BCUT2D eigenvalue weighted by atomic mass is 9.90. The van der Waals surface area contributed by atoms with Crippen molar-refractivity contribution in [2.45, 2.75) is 18.4 Å². The van der Waals surface area contributed by atoms with Gasteiger partial charge in [-0.05, 0) is 12.1 Å². The Balaban J connectivity index is 2.23. The molecule has 1 aliphatic rings. The van der Waals surface area contributed by atoms with Gasteiger partial charge in [0.2, 0.25) is 0 Å². The van der Waals surface area contributed by atoms with Crippen LogP contribution in [0.4, 0.5) is 5.69 Å². The SMILES string of the molecule is Nc1ccc(C2(O)CCOCC2)nc1. The molecular formula is C10H14N2O2. The second kappa shape index (κ2) is 3.55. The molecule has 0 saturated carbocycles. The maximum absolute atomic E-state index is 10.3. The number of nitrogen functional groups attached to an aromatic ring is 1. The standard InChI is InChI=1S/C10H14N2O2/c11-8-1-2-9(12-7-8)10(13)3-5-14-6-4-10/h1-2,7,13H,3-6,11H2. The molecule has 0 aromatic carbocycles. The van der Waals surface area contributed by atoms with E-state index in [1.165, 1.54) is 0 Å². The Hall–Kier alpha value is -1.13. The van der Waals surface area contributed by atoms with Crippen LogP contribution in [0.25, 0.3) is 0 Å². The zero-order chi connectivity index (χ0) is 10.0. The van der Waals surface area contributed by atoms with E-state index in [1.54, 1.807) is 18.3 Å². The maximum Gasteiger partial charge on any atom is 0.111 e. The third-order valence-electron chi connectivity index (χ3n) is 2.58. The first-order valence-electron chi connectivity index (χ1n) is 4.73. The van der Waals surface area contributed by atoms with Crippen LogP contribution in [0.3, 0.4) is 0 Å². The summed E-state index contributed by atoms with van der Waals surface area (Å²) in [6, 6.07) is 3.54. The lowest BCUT2D eigenvalue weighted by Crippen LogP contribution is -2.34. The minimum Gasteiger partial charge on any atom is -0.397 e. The average Bonchev–Trinajstić information content (AvgIpc) is 2.19. The maximum atomic E-state index is 10.3. The second-order valence-electron chi connectivity index (χ2n) is 3.62. The minimum absolute atomic E-state index is 0.586. The van der Waals surface area contributed by atoms with Crippen LogP contribution >= 0.6 is 0 Å². The number of anilines is 1. The highest BCUT2D eigenvalue weighted by Crippen LogP contribution is 2.30. The lowest BCUT2D eigenvalue weighted by molar-refractivity contribution is -0.0705. The van der Waals surface area contributed by atoms with Crippen molar-refractivity contribution in [3.05, 3.63) is 24.0 Å². The molecule has 0 amide bonds. The molecule has 1 saturated heterocycles. The highest BCUT2D eigenvalue weighted by Gasteiger charge is 2.32. The van der Waals surface area contributed by atoms with Crippen molar-refractivity contribution in [2.75, 3.05) is 18.9 Å². The summed E-state index contributed by atoms with van der Waals surface area (Å²) in [5.74, 6) is 0. The molecule has 1 fully saturated rings. The quantitative estimate of drug-likeness (QED) is 0.689. The molecule has 0 spiro atoms. The molecule has 0 atom stereocenters. The number of hydrogen-bond acceptors (Lipinski definition) is 4. The van der Waals surface area contributed by atoms with Crippen LogP contribution in [0.5, 0.6) is 0 Å². The predicted molar refractivity (Wildman–Crippen MR) is 52.6 cm³/mol. The number of nitrogens with zero attached hydrogens (tertiary/aromatic N) is 1. The van der Waals surface area contributed by atoms with Crippen molar-refractivity contribution in [1.29, 1.82) is 0 Å². The van der Waals surface area contributed by atoms with Gasteiger partial charge < -0.3 is 15.6 Å². The van der Waals surface area contributed by atoms with Gasteiger partial charge in [-0.2, -0.15) is 0 Å². The molecule has 0 unspecified atom stereocenters. The van der Waals surface area contributed by atoms with E-state index in [2.05, 4.69) is 4.98 Å². The molecule has 1 aromatic heterocycles. The van der Waals surface area contributed by atoms with Crippen molar-refractivity contribution in [2.24, 2.45) is 0 Å². The van der Waals surface area contributed by atoms with Gasteiger partial charge in [-0.15, -0.1) is 0 Å². The second-order valence-corrected chi connectivity index (χ2v) is 3.62. The van der Waals surface area contributed by atoms with Crippen LogP contribution < -0.4 is 5.73 Å². The summed E-state index contributed by atoms with van der Waals surface area (Å²) in [6.45, 7) is 1.17. The molecule has 2 rings (SSSR count). The fraction of sp³-hybridized carbons (Fsp3) is 0.500. The van der Waals surface area contributed by atoms with Crippen LogP contribution in [0.1, 0.15) is 18.5 Å². The van der Waals surface area contributed by atoms with Crippen LogP contribution in [0.2, 0.25) is 0 Å². The minimum atomic E-state index is -0.827. The molecule has 1 aromatic rings. The highest BCUT2D eigenvalue weighted by molar-refractivity contribution is 5.35. The molecule has 4 nitrogen and oxygen atoms in total. The van der Waals surface area contributed by atoms with Crippen molar-refractivity contribution in [3.63, 3.8) is 0 Å². The fourth-order valence-electron chi connectivity index (χ4n) is 1.65. The Kier molecular flexibility index (Phi) is 2.39. The number of nitrogens with two attached hydrogens (primary N) is 1.